The summed E-state index contributed by atoms with van der Waals surface area (Å²) in [5.74, 6) is 5.73. The van der Waals surface area contributed by atoms with E-state index in [9.17, 15) is 4.39 Å². The molecule has 3 rings (SSSR count). The number of hydrazine groups is 1. The third kappa shape index (κ3) is 5.67. The Morgan fingerprint density at radius 1 is 1.10 bits per heavy atom. The van der Waals surface area contributed by atoms with Crippen molar-refractivity contribution in [3.8, 4) is 23.0 Å². The first-order valence-corrected chi connectivity index (χ1v) is 9.64. The minimum atomic E-state index is -0.380. The minimum Gasteiger partial charge on any atom is -0.494 e. The lowest BCUT2D eigenvalue weighted by atomic mass is 10.1. The average Bonchev–Trinajstić information content (AvgIpc) is 2.79. The van der Waals surface area contributed by atoms with Crippen molar-refractivity contribution in [3.63, 3.8) is 0 Å². The predicted molar refractivity (Wildman–Crippen MR) is 119 cm³/mol. The van der Waals surface area contributed by atoms with E-state index in [-0.39, 0.29) is 17.6 Å². The molecule has 0 fully saturated rings. The molecule has 0 bridgehead atoms. The molecule has 0 spiro atoms. The Hall–Kier alpha value is -3.72. The van der Waals surface area contributed by atoms with Gasteiger partial charge in [-0.2, -0.15) is 15.1 Å². The van der Waals surface area contributed by atoms with Crippen LogP contribution in [0.3, 0.4) is 0 Å². The van der Waals surface area contributed by atoms with E-state index in [0.717, 1.165) is 22.4 Å². The second kappa shape index (κ2) is 10.4. The van der Waals surface area contributed by atoms with Crippen molar-refractivity contribution in [3.05, 3.63) is 65.5 Å². The number of hydrazone groups is 1. The first-order valence-electron chi connectivity index (χ1n) is 9.64. The highest BCUT2D eigenvalue weighted by Crippen LogP contribution is 2.24. The Morgan fingerprint density at radius 3 is 2.65 bits per heavy atom. The number of methoxy groups -OCH3 is 2. The summed E-state index contributed by atoms with van der Waals surface area (Å²) >= 11 is 0. The van der Waals surface area contributed by atoms with Gasteiger partial charge in [0, 0.05) is 18.2 Å². The topological polar surface area (TPSA) is 107 Å². The lowest BCUT2D eigenvalue weighted by Crippen LogP contribution is -2.16. The smallest absolute Gasteiger partial charge is 0.318 e. The summed E-state index contributed by atoms with van der Waals surface area (Å²) < 4.78 is 24.1. The van der Waals surface area contributed by atoms with Gasteiger partial charge in [0.2, 0.25) is 0 Å². The van der Waals surface area contributed by atoms with Crippen LogP contribution in [0, 0.1) is 5.82 Å². The summed E-state index contributed by atoms with van der Waals surface area (Å²) in [6.45, 7) is 2.41. The van der Waals surface area contributed by atoms with E-state index in [1.54, 1.807) is 6.07 Å². The Bertz CT molecular complexity index is 1070. The summed E-state index contributed by atoms with van der Waals surface area (Å²) in [4.78, 5) is 8.80. The molecule has 0 aliphatic heterocycles. The molecule has 0 saturated carbocycles. The molecule has 9 heteroatoms. The quantitative estimate of drug-likeness (QED) is 0.275. The number of nitrogens with two attached hydrogens (primary N) is 1. The van der Waals surface area contributed by atoms with Crippen LogP contribution in [0.4, 0.5) is 10.2 Å². The van der Waals surface area contributed by atoms with Crippen molar-refractivity contribution in [1.82, 2.24) is 15.5 Å². The van der Waals surface area contributed by atoms with Crippen molar-refractivity contribution in [2.24, 2.45) is 10.9 Å². The summed E-state index contributed by atoms with van der Waals surface area (Å²) in [5, 5.41) is 7.26. The molecule has 0 atom stereocenters. The van der Waals surface area contributed by atoms with Gasteiger partial charge in [-0.25, -0.2) is 15.8 Å². The van der Waals surface area contributed by atoms with Gasteiger partial charge in [-0.1, -0.05) is 24.3 Å². The molecule has 162 valence electrons. The number of aromatic nitrogens is 2. The van der Waals surface area contributed by atoms with Crippen LogP contribution in [0.2, 0.25) is 0 Å². The zero-order valence-electron chi connectivity index (χ0n) is 17.6. The first kappa shape index (κ1) is 22.0. The lowest BCUT2D eigenvalue weighted by Gasteiger charge is -2.11. The fraction of sp³-hybridized carbons (Fsp3) is 0.227. The molecule has 0 amide bonds. The van der Waals surface area contributed by atoms with Gasteiger partial charge in [0.05, 0.1) is 25.6 Å². The summed E-state index contributed by atoms with van der Waals surface area (Å²) in [6.07, 6.45) is 0.611. The molecule has 1 heterocycles. The molecule has 0 unspecified atom stereocenters. The number of ether oxygens (including phenoxy) is 2. The molecule has 4 N–H and O–H groups in total. The van der Waals surface area contributed by atoms with Gasteiger partial charge in [0.1, 0.15) is 5.82 Å². The van der Waals surface area contributed by atoms with Crippen molar-refractivity contribution in [2.75, 3.05) is 26.1 Å². The van der Waals surface area contributed by atoms with Crippen LogP contribution in [0.25, 0.3) is 11.3 Å². The van der Waals surface area contributed by atoms with Crippen LogP contribution in [0.15, 0.2) is 53.6 Å². The van der Waals surface area contributed by atoms with E-state index >= 15 is 0 Å². The van der Waals surface area contributed by atoms with E-state index in [2.05, 4.69) is 25.9 Å². The second-order valence-electron chi connectivity index (χ2n) is 6.68. The molecule has 0 saturated heterocycles. The highest BCUT2D eigenvalue weighted by atomic mass is 19.1. The molecule has 1 aromatic heterocycles. The van der Waals surface area contributed by atoms with Crippen LogP contribution in [-0.4, -0.2) is 36.4 Å². The van der Waals surface area contributed by atoms with Gasteiger partial charge in [0.15, 0.2) is 11.6 Å². The molecular weight excluding hydrogens is 399 g/mol. The summed E-state index contributed by atoms with van der Waals surface area (Å²) in [7, 11) is 2.96. The third-order valence-corrected chi connectivity index (χ3v) is 4.63. The monoisotopic (exact) mass is 424 g/mol. The maximum absolute atomic E-state index is 13.9. The van der Waals surface area contributed by atoms with Gasteiger partial charge >= 0.3 is 6.01 Å². The molecular formula is C22H25FN6O2. The van der Waals surface area contributed by atoms with E-state index in [4.69, 9.17) is 15.3 Å². The Morgan fingerprint density at radius 2 is 1.94 bits per heavy atom. The number of nitrogens with zero attached hydrogens (tertiary/aromatic N) is 3. The molecule has 2 aromatic carbocycles. The highest BCUT2D eigenvalue weighted by Gasteiger charge is 2.09. The first-order chi connectivity index (χ1) is 15.0. The highest BCUT2D eigenvalue weighted by molar-refractivity contribution is 5.99. The molecule has 8 nitrogen and oxygen atoms in total. The standard InChI is InChI=1S/C22H25FN6O2/c1-14(28-29-24)16-5-4-6-17(12-16)19-13-21(27-22(26-19)31-3)25-10-9-15-7-8-20(30-2)18(23)11-15/h4-8,11-13,29H,9-10,24H2,1-3H3,(H,25,26,27)/b28-14+. The lowest BCUT2D eigenvalue weighted by molar-refractivity contribution is 0.381. The van der Waals surface area contributed by atoms with Gasteiger partial charge in [-0.3, -0.25) is 0 Å². The normalized spacial score (nSPS) is 11.2. The predicted octanol–water partition coefficient (Wildman–Crippen LogP) is 3.14. The van der Waals surface area contributed by atoms with Crippen molar-refractivity contribution >= 4 is 11.5 Å². The Balaban J connectivity index is 1.77. The SMILES string of the molecule is COc1nc(NCCc2ccc(OC)c(F)c2)cc(-c2cccc(/C(C)=N/NN)c2)n1. The third-order valence-electron chi connectivity index (χ3n) is 4.63. The largest absolute Gasteiger partial charge is 0.494 e. The number of nitrogens with one attached hydrogen (secondary N) is 2. The molecule has 31 heavy (non-hydrogen) atoms. The van der Waals surface area contributed by atoms with E-state index < -0.39 is 0 Å². The average molecular weight is 424 g/mol. The van der Waals surface area contributed by atoms with Crippen LogP contribution < -0.4 is 26.2 Å². The number of hydrogen-bond acceptors (Lipinski definition) is 8. The summed E-state index contributed by atoms with van der Waals surface area (Å²) in [5.41, 5.74) is 6.38. The van der Waals surface area contributed by atoms with Crippen LogP contribution >= 0.6 is 0 Å². The van der Waals surface area contributed by atoms with Crippen LogP contribution in [0.5, 0.6) is 11.8 Å². The summed E-state index contributed by atoms with van der Waals surface area (Å²) in [6, 6.07) is 14.8. The fourth-order valence-electron chi connectivity index (χ4n) is 3.02. The van der Waals surface area contributed by atoms with Gasteiger partial charge in [-0.15, -0.1) is 0 Å². The van der Waals surface area contributed by atoms with Gasteiger partial charge in [0.25, 0.3) is 0 Å². The zero-order valence-corrected chi connectivity index (χ0v) is 17.6. The van der Waals surface area contributed by atoms with Crippen LogP contribution in [-0.2, 0) is 6.42 Å². The molecule has 0 aliphatic carbocycles. The number of anilines is 1. The Labute approximate surface area is 180 Å². The van der Waals surface area contributed by atoms with Gasteiger partial charge < -0.3 is 14.8 Å². The van der Waals surface area contributed by atoms with E-state index in [0.29, 0.717) is 24.5 Å². The molecule has 3 aromatic rings. The molecule has 0 aliphatic rings. The fourth-order valence-corrected chi connectivity index (χ4v) is 3.02. The number of halogens is 1. The Kier molecular flexibility index (Phi) is 7.34. The number of hydrogen-bond donors (Lipinski definition) is 3. The van der Waals surface area contributed by atoms with Crippen LogP contribution in [0.1, 0.15) is 18.1 Å². The number of benzene rings is 2. The maximum Gasteiger partial charge on any atom is 0.318 e. The molecule has 0 radical (unpaired) electrons. The minimum absolute atomic E-state index is 0.228. The van der Waals surface area contributed by atoms with Crippen molar-refractivity contribution < 1.29 is 13.9 Å². The van der Waals surface area contributed by atoms with Crippen molar-refractivity contribution in [1.29, 1.82) is 0 Å². The maximum atomic E-state index is 13.9. The van der Waals surface area contributed by atoms with E-state index in [1.165, 1.54) is 20.3 Å². The zero-order chi connectivity index (χ0) is 22.2. The second-order valence-corrected chi connectivity index (χ2v) is 6.68. The number of rotatable bonds is 9. The van der Waals surface area contributed by atoms with Crippen molar-refractivity contribution in [2.45, 2.75) is 13.3 Å². The van der Waals surface area contributed by atoms with Gasteiger partial charge in [-0.05, 0) is 42.7 Å². The van der Waals surface area contributed by atoms with E-state index in [1.807, 2.05) is 43.3 Å².